The molecule has 1 N–H and O–H groups in total. The van der Waals surface area contributed by atoms with Gasteiger partial charge in [0, 0.05) is 31.7 Å². The van der Waals surface area contributed by atoms with Gasteiger partial charge in [0.2, 0.25) is 0 Å². The fourth-order valence-electron chi connectivity index (χ4n) is 2.96. The smallest absolute Gasteiger partial charge is 0.138 e. The molecular formula is C17H24BrNO2. The molecule has 4 heteroatoms. The topological polar surface area (TPSA) is 30.5 Å². The molecule has 3 rings (SSSR count). The third kappa shape index (κ3) is 4.21. The Kier molecular flexibility index (Phi) is 5.19. The van der Waals surface area contributed by atoms with E-state index in [9.17, 15) is 0 Å². The monoisotopic (exact) mass is 353 g/mol. The summed E-state index contributed by atoms with van der Waals surface area (Å²) < 4.78 is 12.9. The first-order valence-electron chi connectivity index (χ1n) is 7.96. The molecular weight excluding hydrogens is 330 g/mol. The van der Waals surface area contributed by atoms with Crippen LogP contribution in [0.3, 0.4) is 0 Å². The summed E-state index contributed by atoms with van der Waals surface area (Å²) in [5.74, 6) is 1.01. The van der Waals surface area contributed by atoms with Gasteiger partial charge in [0.25, 0.3) is 0 Å². The molecule has 1 aromatic rings. The van der Waals surface area contributed by atoms with Crippen LogP contribution in [0.15, 0.2) is 22.7 Å². The van der Waals surface area contributed by atoms with Crippen LogP contribution in [0.25, 0.3) is 0 Å². The minimum absolute atomic E-state index is 0.266. The van der Waals surface area contributed by atoms with E-state index in [1.807, 2.05) is 0 Å². The number of methoxy groups -OCH3 is 1. The standard InChI is InChI=1S/C17H24BrNO2/c1-20-14-5-3-6-15(10-14)21-17-12(4-2-7-16(17)18)11-19-13-8-9-13/h2,4,7,13-15,19H,3,5-6,8-11H2,1H3. The summed E-state index contributed by atoms with van der Waals surface area (Å²) in [5.41, 5.74) is 1.25. The second-order valence-electron chi connectivity index (χ2n) is 6.15. The highest BCUT2D eigenvalue weighted by Crippen LogP contribution is 2.33. The average molecular weight is 354 g/mol. The number of nitrogens with one attached hydrogen (secondary N) is 1. The molecule has 1 aromatic carbocycles. The molecule has 2 saturated carbocycles. The Morgan fingerprint density at radius 1 is 1.19 bits per heavy atom. The summed E-state index contributed by atoms with van der Waals surface area (Å²) >= 11 is 3.64. The zero-order valence-electron chi connectivity index (χ0n) is 12.6. The van der Waals surface area contributed by atoms with Crippen molar-refractivity contribution >= 4 is 15.9 Å². The van der Waals surface area contributed by atoms with Crippen molar-refractivity contribution in [1.29, 1.82) is 0 Å². The van der Waals surface area contributed by atoms with E-state index in [1.165, 1.54) is 24.8 Å². The van der Waals surface area contributed by atoms with E-state index >= 15 is 0 Å². The van der Waals surface area contributed by atoms with Crippen LogP contribution in [0.5, 0.6) is 5.75 Å². The third-order valence-electron chi connectivity index (χ3n) is 4.40. The second kappa shape index (κ2) is 7.12. The van der Waals surface area contributed by atoms with Crippen LogP contribution in [-0.4, -0.2) is 25.4 Å². The summed E-state index contributed by atoms with van der Waals surface area (Å²) in [7, 11) is 1.80. The molecule has 2 unspecified atom stereocenters. The number of hydrogen-bond donors (Lipinski definition) is 1. The van der Waals surface area contributed by atoms with Crippen molar-refractivity contribution in [3.05, 3.63) is 28.2 Å². The first-order valence-corrected chi connectivity index (χ1v) is 8.76. The Hall–Kier alpha value is -0.580. The lowest BCUT2D eigenvalue weighted by molar-refractivity contribution is 0.0204. The van der Waals surface area contributed by atoms with E-state index in [2.05, 4.69) is 39.4 Å². The molecule has 116 valence electrons. The SMILES string of the molecule is COC1CCCC(Oc2c(Br)cccc2CNC2CC2)C1. The Labute approximate surface area is 135 Å². The molecule has 0 bridgehead atoms. The average Bonchev–Trinajstić information content (AvgIpc) is 3.32. The van der Waals surface area contributed by atoms with Crippen LogP contribution in [0.2, 0.25) is 0 Å². The maximum absolute atomic E-state index is 6.34. The van der Waals surface area contributed by atoms with Crippen molar-refractivity contribution in [3.8, 4) is 5.75 Å². The molecule has 0 saturated heterocycles. The molecule has 0 amide bonds. The zero-order valence-corrected chi connectivity index (χ0v) is 14.2. The summed E-state index contributed by atoms with van der Waals surface area (Å²) in [5, 5.41) is 3.57. The quantitative estimate of drug-likeness (QED) is 0.837. The van der Waals surface area contributed by atoms with Crippen LogP contribution < -0.4 is 10.1 Å². The molecule has 2 aliphatic rings. The normalized spacial score (nSPS) is 25.8. The largest absolute Gasteiger partial charge is 0.489 e. The fourth-order valence-corrected chi connectivity index (χ4v) is 3.46. The van der Waals surface area contributed by atoms with Gasteiger partial charge in [0.15, 0.2) is 0 Å². The Morgan fingerprint density at radius 3 is 2.76 bits per heavy atom. The second-order valence-corrected chi connectivity index (χ2v) is 7.00. The van der Waals surface area contributed by atoms with Crippen molar-refractivity contribution in [1.82, 2.24) is 5.32 Å². The first kappa shape index (κ1) is 15.3. The van der Waals surface area contributed by atoms with Crippen molar-refractivity contribution in [2.45, 2.75) is 63.3 Å². The Bertz CT molecular complexity index is 476. The van der Waals surface area contributed by atoms with Crippen LogP contribution in [0.1, 0.15) is 44.1 Å². The molecule has 0 heterocycles. The molecule has 2 aliphatic carbocycles. The Balaban J connectivity index is 1.67. The van der Waals surface area contributed by atoms with Crippen molar-refractivity contribution in [2.75, 3.05) is 7.11 Å². The van der Waals surface area contributed by atoms with Crippen molar-refractivity contribution in [3.63, 3.8) is 0 Å². The maximum Gasteiger partial charge on any atom is 0.138 e. The molecule has 0 radical (unpaired) electrons. The molecule has 0 spiro atoms. The van der Waals surface area contributed by atoms with E-state index in [0.717, 1.165) is 36.0 Å². The van der Waals surface area contributed by atoms with Gasteiger partial charge in [0.05, 0.1) is 10.6 Å². The lowest BCUT2D eigenvalue weighted by atomic mass is 9.95. The molecule has 0 aliphatic heterocycles. The van der Waals surface area contributed by atoms with E-state index in [-0.39, 0.29) is 6.10 Å². The minimum atomic E-state index is 0.266. The third-order valence-corrected chi connectivity index (χ3v) is 5.03. The maximum atomic E-state index is 6.34. The molecule has 2 atom stereocenters. The van der Waals surface area contributed by atoms with Gasteiger partial charge in [-0.15, -0.1) is 0 Å². The van der Waals surface area contributed by atoms with E-state index in [1.54, 1.807) is 7.11 Å². The highest BCUT2D eigenvalue weighted by Gasteiger charge is 2.25. The van der Waals surface area contributed by atoms with Crippen LogP contribution in [-0.2, 0) is 11.3 Å². The van der Waals surface area contributed by atoms with Crippen LogP contribution in [0, 0.1) is 0 Å². The number of hydrogen-bond acceptors (Lipinski definition) is 3. The van der Waals surface area contributed by atoms with Gasteiger partial charge < -0.3 is 14.8 Å². The van der Waals surface area contributed by atoms with Crippen molar-refractivity contribution < 1.29 is 9.47 Å². The van der Waals surface area contributed by atoms with Gasteiger partial charge in [-0.3, -0.25) is 0 Å². The molecule has 2 fully saturated rings. The van der Waals surface area contributed by atoms with Crippen LogP contribution in [0.4, 0.5) is 0 Å². The summed E-state index contributed by atoms with van der Waals surface area (Å²) in [6.45, 7) is 0.889. The van der Waals surface area contributed by atoms with Gasteiger partial charge in [-0.2, -0.15) is 0 Å². The lowest BCUT2D eigenvalue weighted by Gasteiger charge is -2.29. The van der Waals surface area contributed by atoms with Gasteiger partial charge in [-0.25, -0.2) is 0 Å². The van der Waals surface area contributed by atoms with Gasteiger partial charge >= 0.3 is 0 Å². The molecule has 0 aromatic heterocycles. The van der Waals surface area contributed by atoms with Gasteiger partial charge in [-0.1, -0.05) is 12.1 Å². The zero-order chi connectivity index (χ0) is 14.7. The number of ether oxygens (including phenoxy) is 2. The summed E-state index contributed by atoms with van der Waals surface area (Å²) in [4.78, 5) is 0. The highest BCUT2D eigenvalue weighted by atomic mass is 79.9. The Morgan fingerprint density at radius 2 is 2.00 bits per heavy atom. The number of benzene rings is 1. The first-order chi connectivity index (χ1) is 10.3. The van der Waals surface area contributed by atoms with E-state index in [4.69, 9.17) is 9.47 Å². The summed E-state index contributed by atoms with van der Waals surface area (Å²) in [6.07, 6.45) is 7.68. The van der Waals surface area contributed by atoms with E-state index < -0.39 is 0 Å². The van der Waals surface area contributed by atoms with Gasteiger partial charge in [-0.05, 0) is 54.1 Å². The lowest BCUT2D eigenvalue weighted by Crippen LogP contribution is -2.30. The number of halogens is 1. The fraction of sp³-hybridized carbons (Fsp3) is 0.647. The number of para-hydroxylation sites is 1. The van der Waals surface area contributed by atoms with Gasteiger partial charge in [0.1, 0.15) is 11.9 Å². The number of rotatable bonds is 6. The van der Waals surface area contributed by atoms with Crippen LogP contribution >= 0.6 is 15.9 Å². The molecule has 21 heavy (non-hydrogen) atoms. The predicted molar refractivity (Wildman–Crippen MR) is 87.7 cm³/mol. The summed E-state index contributed by atoms with van der Waals surface area (Å²) in [6, 6.07) is 7.02. The van der Waals surface area contributed by atoms with E-state index in [0.29, 0.717) is 12.1 Å². The minimum Gasteiger partial charge on any atom is -0.489 e. The highest BCUT2D eigenvalue weighted by molar-refractivity contribution is 9.10. The van der Waals surface area contributed by atoms with Crippen molar-refractivity contribution in [2.24, 2.45) is 0 Å². The molecule has 3 nitrogen and oxygen atoms in total. The predicted octanol–water partition coefficient (Wildman–Crippen LogP) is 4.04.